The van der Waals surface area contributed by atoms with Crippen molar-refractivity contribution in [2.45, 2.75) is 20.4 Å². The topological polar surface area (TPSA) is 87.4 Å². The van der Waals surface area contributed by atoms with Crippen molar-refractivity contribution in [3.63, 3.8) is 0 Å². The fourth-order valence-corrected chi connectivity index (χ4v) is 1.82. The molecule has 0 unspecified atom stereocenters. The quantitative estimate of drug-likeness (QED) is 0.451. The van der Waals surface area contributed by atoms with E-state index in [1.807, 2.05) is 32.0 Å². The van der Waals surface area contributed by atoms with Crippen molar-refractivity contribution in [2.75, 3.05) is 12.4 Å². The lowest BCUT2D eigenvalue weighted by molar-refractivity contribution is 0.512. The highest BCUT2D eigenvalue weighted by molar-refractivity contribution is 7.80. The summed E-state index contributed by atoms with van der Waals surface area (Å²) in [6, 6.07) is 5.57. The van der Waals surface area contributed by atoms with Gasteiger partial charge in [-0.25, -0.2) is 15.0 Å². The van der Waals surface area contributed by atoms with Gasteiger partial charge in [-0.3, -0.25) is 5.32 Å². The van der Waals surface area contributed by atoms with Gasteiger partial charge < -0.3 is 15.1 Å². The molecule has 2 aromatic heterocycles. The summed E-state index contributed by atoms with van der Waals surface area (Å²) in [7, 11) is 1.73. The number of furan rings is 1. The minimum absolute atomic E-state index is 0.374. The summed E-state index contributed by atoms with van der Waals surface area (Å²) in [4.78, 5) is 13.0. The molecule has 0 fully saturated rings. The van der Waals surface area contributed by atoms with Crippen molar-refractivity contribution in [1.82, 2.24) is 20.6 Å². The van der Waals surface area contributed by atoms with Crippen LogP contribution >= 0.6 is 12.2 Å². The number of guanidine groups is 1. The highest BCUT2D eigenvalue weighted by atomic mass is 32.1. The zero-order valence-electron chi connectivity index (χ0n) is 12.7. The lowest BCUT2D eigenvalue weighted by Crippen LogP contribution is -2.41. The van der Waals surface area contributed by atoms with Gasteiger partial charge in [0.15, 0.2) is 5.11 Å². The van der Waals surface area contributed by atoms with Crippen LogP contribution in [0.5, 0.6) is 0 Å². The summed E-state index contributed by atoms with van der Waals surface area (Å²) in [5, 5.41) is 9.26. The summed E-state index contributed by atoms with van der Waals surface area (Å²) in [6.45, 7) is 4.19. The molecule has 2 aromatic rings. The van der Waals surface area contributed by atoms with Crippen molar-refractivity contribution in [1.29, 1.82) is 0 Å². The number of anilines is 1. The van der Waals surface area contributed by atoms with Gasteiger partial charge in [0.05, 0.1) is 6.26 Å². The Balaban J connectivity index is 2.15. The minimum Gasteiger partial charge on any atom is -0.467 e. The fourth-order valence-electron chi connectivity index (χ4n) is 1.73. The van der Waals surface area contributed by atoms with E-state index in [4.69, 9.17) is 16.6 Å². The Morgan fingerprint density at radius 2 is 2.05 bits per heavy atom. The van der Waals surface area contributed by atoms with Crippen LogP contribution in [0.25, 0.3) is 0 Å². The first kappa shape index (κ1) is 15.9. The molecule has 2 rings (SSSR count). The predicted octanol–water partition coefficient (Wildman–Crippen LogP) is 1.75. The molecule has 0 aliphatic heterocycles. The van der Waals surface area contributed by atoms with Gasteiger partial charge in [-0.05, 0) is 44.3 Å². The smallest absolute Gasteiger partial charge is 0.229 e. The first-order valence-corrected chi connectivity index (χ1v) is 7.12. The number of aliphatic imine (C=N–C) groups is 1. The Kier molecular flexibility index (Phi) is 5.42. The van der Waals surface area contributed by atoms with E-state index in [0.29, 0.717) is 23.6 Å². The molecule has 0 aromatic carbocycles. The Labute approximate surface area is 134 Å². The number of aryl methyl sites for hydroxylation is 2. The molecule has 2 heterocycles. The molecule has 3 N–H and O–H groups in total. The molecule has 0 bridgehead atoms. The van der Waals surface area contributed by atoms with Crippen molar-refractivity contribution < 1.29 is 4.42 Å². The SMILES string of the molecule is CNC(=S)NC(=NCc1ccco1)Nc1nc(C)cc(C)n1. The summed E-state index contributed by atoms with van der Waals surface area (Å²) in [5.74, 6) is 1.65. The highest BCUT2D eigenvalue weighted by Crippen LogP contribution is 2.05. The third-order valence-electron chi connectivity index (χ3n) is 2.64. The number of nitrogens with one attached hydrogen (secondary N) is 3. The zero-order valence-corrected chi connectivity index (χ0v) is 13.5. The number of thiocarbonyl (C=S) groups is 1. The van der Waals surface area contributed by atoms with Gasteiger partial charge in [-0.1, -0.05) is 0 Å². The fraction of sp³-hybridized carbons (Fsp3) is 0.286. The van der Waals surface area contributed by atoms with Gasteiger partial charge >= 0.3 is 0 Å². The normalized spacial score (nSPS) is 11.1. The Bertz CT molecular complexity index is 648. The summed E-state index contributed by atoms with van der Waals surface area (Å²) in [5.41, 5.74) is 1.74. The van der Waals surface area contributed by atoms with Crippen molar-refractivity contribution in [2.24, 2.45) is 4.99 Å². The Morgan fingerprint density at radius 1 is 1.32 bits per heavy atom. The summed E-state index contributed by atoms with van der Waals surface area (Å²) in [6.07, 6.45) is 1.61. The van der Waals surface area contributed by atoms with Crippen LogP contribution in [0.3, 0.4) is 0 Å². The van der Waals surface area contributed by atoms with E-state index in [2.05, 4.69) is 30.9 Å². The second-order valence-electron chi connectivity index (χ2n) is 4.55. The predicted molar refractivity (Wildman–Crippen MR) is 89.8 cm³/mol. The van der Waals surface area contributed by atoms with Gasteiger partial charge in [-0.2, -0.15) is 0 Å². The maximum Gasteiger partial charge on any atom is 0.229 e. The second-order valence-corrected chi connectivity index (χ2v) is 4.96. The van der Waals surface area contributed by atoms with Gasteiger partial charge in [0.1, 0.15) is 12.3 Å². The number of hydrogen-bond donors (Lipinski definition) is 3. The monoisotopic (exact) mass is 318 g/mol. The average Bonchev–Trinajstić information content (AvgIpc) is 2.96. The second kappa shape index (κ2) is 7.51. The largest absolute Gasteiger partial charge is 0.467 e. The van der Waals surface area contributed by atoms with Crippen LogP contribution in [-0.4, -0.2) is 28.1 Å². The Morgan fingerprint density at radius 3 is 2.64 bits per heavy atom. The van der Waals surface area contributed by atoms with Crippen molar-refractivity contribution >= 4 is 29.2 Å². The first-order chi connectivity index (χ1) is 10.6. The van der Waals surface area contributed by atoms with Crippen LogP contribution in [0.1, 0.15) is 17.1 Å². The molecule has 0 saturated heterocycles. The lowest BCUT2D eigenvalue weighted by atomic mass is 10.4. The molecule has 0 saturated carbocycles. The van der Waals surface area contributed by atoms with E-state index in [9.17, 15) is 0 Å². The molecule has 0 aliphatic carbocycles. The molecular weight excluding hydrogens is 300 g/mol. The van der Waals surface area contributed by atoms with E-state index in [1.54, 1.807) is 13.3 Å². The molecule has 0 radical (unpaired) electrons. The van der Waals surface area contributed by atoms with Crippen LogP contribution in [0.15, 0.2) is 33.9 Å². The molecule has 22 heavy (non-hydrogen) atoms. The third kappa shape index (κ3) is 4.81. The van der Waals surface area contributed by atoms with Gasteiger partial charge in [0.2, 0.25) is 11.9 Å². The molecule has 0 aliphatic rings. The molecule has 116 valence electrons. The lowest BCUT2D eigenvalue weighted by Gasteiger charge is -2.12. The molecule has 0 spiro atoms. The molecule has 0 atom stereocenters. The van der Waals surface area contributed by atoms with Crippen LogP contribution in [-0.2, 0) is 6.54 Å². The molecule has 0 amide bonds. The zero-order chi connectivity index (χ0) is 15.9. The van der Waals surface area contributed by atoms with E-state index in [1.165, 1.54) is 0 Å². The maximum atomic E-state index is 5.26. The van der Waals surface area contributed by atoms with Crippen LogP contribution in [0, 0.1) is 13.8 Å². The summed E-state index contributed by atoms with van der Waals surface area (Å²) < 4.78 is 5.26. The number of hydrogen-bond acceptors (Lipinski definition) is 5. The van der Waals surface area contributed by atoms with Gasteiger partial charge in [0.25, 0.3) is 0 Å². The molecular formula is C14H18N6OS. The summed E-state index contributed by atoms with van der Waals surface area (Å²) >= 11 is 5.11. The van der Waals surface area contributed by atoms with Crippen LogP contribution < -0.4 is 16.0 Å². The molecule has 8 heteroatoms. The van der Waals surface area contributed by atoms with Gasteiger partial charge in [-0.15, -0.1) is 0 Å². The standard InChI is InChI=1S/C14H18N6OS/c1-9-7-10(2)18-13(17-9)19-12(20-14(22)15-3)16-8-11-5-4-6-21-11/h4-7H,8H2,1-3H3,(H3,15,16,17,18,19,20,22). The molecule has 7 nitrogen and oxygen atoms in total. The van der Waals surface area contributed by atoms with Crippen LogP contribution in [0.4, 0.5) is 5.95 Å². The first-order valence-electron chi connectivity index (χ1n) is 6.71. The number of nitrogens with zero attached hydrogens (tertiary/aromatic N) is 3. The van der Waals surface area contributed by atoms with E-state index >= 15 is 0 Å². The minimum atomic E-state index is 0.374. The van der Waals surface area contributed by atoms with Gasteiger partial charge in [0, 0.05) is 18.4 Å². The highest BCUT2D eigenvalue weighted by Gasteiger charge is 2.06. The van der Waals surface area contributed by atoms with E-state index in [-0.39, 0.29) is 0 Å². The number of rotatable bonds is 3. The number of aromatic nitrogens is 2. The average molecular weight is 318 g/mol. The Hall–Kier alpha value is -2.48. The van der Waals surface area contributed by atoms with E-state index in [0.717, 1.165) is 17.1 Å². The van der Waals surface area contributed by atoms with Crippen molar-refractivity contribution in [3.8, 4) is 0 Å². The van der Waals surface area contributed by atoms with Crippen LogP contribution in [0.2, 0.25) is 0 Å². The third-order valence-corrected chi connectivity index (χ3v) is 2.95. The van der Waals surface area contributed by atoms with E-state index < -0.39 is 0 Å². The maximum absolute atomic E-state index is 5.26. The van der Waals surface area contributed by atoms with Crippen molar-refractivity contribution in [3.05, 3.63) is 41.6 Å².